The van der Waals surface area contributed by atoms with Crippen molar-refractivity contribution < 1.29 is 9.90 Å². The van der Waals surface area contributed by atoms with E-state index in [2.05, 4.69) is 0 Å². The van der Waals surface area contributed by atoms with Crippen LogP contribution in [-0.2, 0) is 0 Å². The number of carbonyl (C=O) groups is 1. The molecule has 0 saturated heterocycles. The second-order valence-corrected chi connectivity index (χ2v) is 3.83. The van der Waals surface area contributed by atoms with Gasteiger partial charge in [0.05, 0.1) is 0 Å². The molecule has 0 atom stereocenters. The minimum absolute atomic E-state index is 0.213. The minimum Gasteiger partial charge on any atom is -0.465 e. The van der Waals surface area contributed by atoms with E-state index >= 15 is 0 Å². The van der Waals surface area contributed by atoms with Crippen molar-refractivity contribution in [1.82, 2.24) is 4.90 Å². The van der Waals surface area contributed by atoms with E-state index in [9.17, 15) is 4.79 Å². The van der Waals surface area contributed by atoms with E-state index in [-0.39, 0.29) is 6.04 Å². The summed E-state index contributed by atoms with van der Waals surface area (Å²) in [6.07, 6.45) is 4.72. The Labute approximate surface area is 83.7 Å². The Morgan fingerprint density at radius 2 is 2.00 bits per heavy atom. The molecule has 1 fully saturated rings. The number of hydrogen-bond acceptors (Lipinski definition) is 1. The third-order valence-electron chi connectivity index (χ3n) is 2.59. The van der Waals surface area contributed by atoms with Crippen molar-refractivity contribution in [3.63, 3.8) is 0 Å². The number of amides is 1. The number of hydrogen-bond donors (Lipinski definition) is 1. The Bertz CT molecular complexity index is 169. The average Bonchev–Trinajstić information content (AvgIpc) is 2.15. The SMILES string of the molecule is O=C(O)N(CCCl)C1CCCCC1. The molecule has 0 aromatic rings. The Kier molecular flexibility index (Phi) is 4.36. The van der Waals surface area contributed by atoms with Gasteiger partial charge in [-0.2, -0.15) is 0 Å². The first-order valence-electron chi connectivity index (χ1n) is 4.81. The van der Waals surface area contributed by atoms with Crippen LogP contribution < -0.4 is 0 Å². The van der Waals surface area contributed by atoms with Gasteiger partial charge in [0, 0.05) is 18.5 Å². The molecule has 1 rings (SSSR count). The largest absolute Gasteiger partial charge is 0.465 e. The maximum absolute atomic E-state index is 10.9. The molecule has 1 aliphatic carbocycles. The third-order valence-corrected chi connectivity index (χ3v) is 2.76. The van der Waals surface area contributed by atoms with Crippen LogP contribution in [0.15, 0.2) is 0 Å². The molecule has 0 bridgehead atoms. The molecular formula is C9H16ClNO2. The van der Waals surface area contributed by atoms with Crippen molar-refractivity contribution in [3.05, 3.63) is 0 Å². The predicted octanol–water partition coefficient (Wildman–Crippen LogP) is 2.54. The van der Waals surface area contributed by atoms with Crippen molar-refractivity contribution in [2.75, 3.05) is 12.4 Å². The van der Waals surface area contributed by atoms with Crippen LogP contribution in [0.2, 0.25) is 0 Å². The van der Waals surface area contributed by atoms with E-state index in [1.807, 2.05) is 0 Å². The van der Waals surface area contributed by atoms with E-state index in [1.54, 1.807) is 0 Å². The van der Waals surface area contributed by atoms with Crippen molar-refractivity contribution in [2.24, 2.45) is 0 Å². The Balaban J connectivity index is 2.46. The van der Waals surface area contributed by atoms with Crippen molar-refractivity contribution >= 4 is 17.7 Å². The lowest BCUT2D eigenvalue weighted by atomic mass is 9.94. The van der Waals surface area contributed by atoms with E-state index in [0.717, 1.165) is 25.7 Å². The van der Waals surface area contributed by atoms with Crippen LogP contribution in [0.5, 0.6) is 0 Å². The zero-order valence-corrected chi connectivity index (χ0v) is 8.46. The van der Waals surface area contributed by atoms with Gasteiger partial charge in [0.25, 0.3) is 0 Å². The van der Waals surface area contributed by atoms with Crippen molar-refractivity contribution in [3.8, 4) is 0 Å². The van der Waals surface area contributed by atoms with Gasteiger partial charge in [-0.1, -0.05) is 19.3 Å². The molecule has 0 spiro atoms. The summed E-state index contributed by atoms with van der Waals surface area (Å²) in [7, 11) is 0. The van der Waals surface area contributed by atoms with Gasteiger partial charge in [-0.3, -0.25) is 0 Å². The highest BCUT2D eigenvalue weighted by molar-refractivity contribution is 6.18. The van der Waals surface area contributed by atoms with Crippen LogP contribution in [-0.4, -0.2) is 34.6 Å². The normalized spacial score (nSPS) is 18.5. The van der Waals surface area contributed by atoms with Crippen LogP contribution >= 0.6 is 11.6 Å². The summed E-state index contributed by atoms with van der Waals surface area (Å²) in [6, 6.07) is 0.213. The Morgan fingerprint density at radius 3 is 2.46 bits per heavy atom. The molecule has 3 nitrogen and oxygen atoms in total. The van der Waals surface area contributed by atoms with Gasteiger partial charge < -0.3 is 10.0 Å². The highest BCUT2D eigenvalue weighted by Gasteiger charge is 2.23. The smallest absolute Gasteiger partial charge is 0.407 e. The van der Waals surface area contributed by atoms with Crippen LogP contribution in [0.1, 0.15) is 32.1 Å². The maximum Gasteiger partial charge on any atom is 0.407 e. The molecule has 1 N–H and O–H groups in total. The molecule has 0 aromatic heterocycles. The van der Waals surface area contributed by atoms with Gasteiger partial charge in [0.2, 0.25) is 0 Å². The summed E-state index contributed by atoms with van der Waals surface area (Å²) >= 11 is 5.55. The second-order valence-electron chi connectivity index (χ2n) is 3.46. The molecule has 13 heavy (non-hydrogen) atoms. The average molecular weight is 206 g/mol. The summed E-state index contributed by atoms with van der Waals surface area (Å²) in [6.45, 7) is 0.460. The van der Waals surface area contributed by atoms with Gasteiger partial charge >= 0.3 is 6.09 Å². The van der Waals surface area contributed by atoms with Crippen LogP contribution in [0.4, 0.5) is 4.79 Å². The summed E-state index contributed by atoms with van der Waals surface area (Å²) in [5, 5.41) is 8.92. The fourth-order valence-corrected chi connectivity index (χ4v) is 2.10. The van der Waals surface area contributed by atoms with E-state index in [0.29, 0.717) is 12.4 Å². The fraction of sp³-hybridized carbons (Fsp3) is 0.889. The Morgan fingerprint density at radius 1 is 1.38 bits per heavy atom. The summed E-state index contributed by atoms with van der Waals surface area (Å²) in [5.74, 6) is 0.392. The number of nitrogens with zero attached hydrogens (tertiary/aromatic N) is 1. The molecule has 1 saturated carbocycles. The summed E-state index contributed by atoms with van der Waals surface area (Å²) in [5.41, 5.74) is 0. The van der Waals surface area contributed by atoms with Gasteiger partial charge in [-0.25, -0.2) is 4.79 Å². The Hall–Kier alpha value is -0.440. The quantitative estimate of drug-likeness (QED) is 0.720. The lowest BCUT2D eigenvalue weighted by molar-refractivity contribution is 0.115. The first-order valence-corrected chi connectivity index (χ1v) is 5.34. The fourth-order valence-electron chi connectivity index (χ4n) is 1.92. The first kappa shape index (κ1) is 10.6. The lowest BCUT2D eigenvalue weighted by Crippen LogP contribution is -2.41. The monoisotopic (exact) mass is 205 g/mol. The highest BCUT2D eigenvalue weighted by Crippen LogP contribution is 2.22. The molecular weight excluding hydrogens is 190 g/mol. The first-order chi connectivity index (χ1) is 6.25. The number of rotatable bonds is 3. The molecule has 0 aliphatic heterocycles. The zero-order chi connectivity index (χ0) is 9.68. The van der Waals surface area contributed by atoms with Gasteiger partial charge in [-0.15, -0.1) is 11.6 Å². The molecule has 0 heterocycles. The molecule has 0 unspecified atom stereocenters. The van der Waals surface area contributed by atoms with Gasteiger partial charge in [0.1, 0.15) is 0 Å². The molecule has 1 amide bonds. The minimum atomic E-state index is -0.826. The second kappa shape index (κ2) is 5.32. The number of carboxylic acid groups (broad SMARTS) is 1. The summed E-state index contributed by atoms with van der Waals surface area (Å²) < 4.78 is 0. The zero-order valence-electron chi connectivity index (χ0n) is 7.71. The standard InChI is InChI=1S/C9H16ClNO2/c10-6-7-11(9(12)13)8-4-2-1-3-5-8/h8H,1-7H2,(H,12,13). The molecule has 76 valence electrons. The molecule has 4 heteroatoms. The predicted molar refractivity (Wildman–Crippen MR) is 52.3 cm³/mol. The summed E-state index contributed by atoms with van der Waals surface area (Å²) in [4.78, 5) is 12.3. The molecule has 0 aromatic carbocycles. The van der Waals surface area contributed by atoms with Gasteiger partial charge in [0.15, 0.2) is 0 Å². The van der Waals surface area contributed by atoms with Crippen LogP contribution in [0.25, 0.3) is 0 Å². The number of halogens is 1. The maximum atomic E-state index is 10.9. The van der Waals surface area contributed by atoms with Crippen LogP contribution in [0.3, 0.4) is 0 Å². The van der Waals surface area contributed by atoms with E-state index in [4.69, 9.17) is 16.7 Å². The van der Waals surface area contributed by atoms with Gasteiger partial charge in [-0.05, 0) is 12.8 Å². The van der Waals surface area contributed by atoms with E-state index in [1.165, 1.54) is 11.3 Å². The topological polar surface area (TPSA) is 40.5 Å². The highest BCUT2D eigenvalue weighted by atomic mass is 35.5. The van der Waals surface area contributed by atoms with E-state index < -0.39 is 6.09 Å². The van der Waals surface area contributed by atoms with Crippen molar-refractivity contribution in [2.45, 2.75) is 38.1 Å². The van der Waals surface area contributed by atoms with Crippen LogP contribution in [0, 0.1) is 0 Å². The third kappa shape index (κ3) is 3.07. The number of alkyl halides is 1. The lowest BCUT2D eigenvalue weighted by Gasteiger charge is -2.31. The van der Waals surface area contributed by atoms with Crippen molar-refractivity contribution in [1.29, 1.82) is 0 Å². The molecule has 0 radical (unpaired) electrons. The molecule has 1 aliphatic rings.